The first-order chi connectivity index (χ1) is 15.9. The maximum Gasteiger partial charge on any atom is 0.527 e. The highest BCUT2D eigenvalue weighted by atomic mass is 35.5. The van der Waals surface area contributed by atoms with Crippen molar-refractivity contribution >= 4 is 35.3 Å². The molecule has 0 spiro atoms. The lowest BCUT2D eigenvalue weighted by atomic mass is 9.95. The molecule has 0 radical (unpaired) electrons. The van der Waals surface area contributed by atoms with Gasteiger partial charge in [-0.1, -0.05) is 35.3 Å². The number of carbonyl (C=O) groups is 2. The van der Waals surface area contributed by atoms with Crippen molar-refractivity contribution in [2.75, 3.05) is 26.7 Å². The maximum absolute atomic E-state index is 13.2. The third-order valence-electron chi connectivity index (χ3n) is 6.35. The number of rotatable bonds is 5. The van der Waals surface area contributed by atoms with Crippen LogP contribution < -0.4 is 0 Å². The van der Waals surface area contributed by atoms with E-state index in [2.05, 4.69) is 4.74 Å². The number of nitrogens with zero attached hydrogens (tertiary/aromatic N) is 2. The van der Waals surface area contributed by atoms with Gasteiger partial charge in [-0.2, -0.15) is 0 Å². The summed E-state index contributed by atoms with van der Waals surface area (Å²) in [4.78, 5) is 31.4. The molecule has 0 bridgehead atoms. The number of likely N-dealkylation sites (tertiary alicyclic amines) is 1. The van der Waals surface area contributed by atoms with E-state index in [1.165, 1.54) is 19.2 Å². The number of hydrogen-bond acceptors (Lipinski definition) is 5. The Morgan fingerprint density at radius 3 is 2.27 bits per heavy atom. The van der Waals surface area contributed by atoms with Crippen LogP contribution >= 0.6 is 23.2 Å². The second kappa shape index (κ2) is 10.3. The average Bonchev–Trinajstić information content (AvgIpc) is 3.17. The van der Waals surface area contributed by atoms with Crippen LogP contribution in [0.15, 0.2) is 36.4 Å². The first kappa shape index (κ1) is 23.8. The molecule has 0 unspecified atom stereocenters. The molecule has 2 aromatic rings. The third-order valence-corrected chi connectivity index (χ3v) is 7.03. The Balaban J connectivity index is 1.39. The summed E-state index contributed by atoms with van der Waals surface area (Å²) in [5.74, 6) is -0.378. The number of benzene rings is 2. The van der Waals surface area contributed by atoms with E-state index in [9.17, 15) is 14.0 Å². The fourth-order valence-electron chi connectivity index (χ4n) is 4.56. The maximum atomic E-state index is 13.2. The van der Waals surface area contributed by atoms with Gasteiger partial charge in [-0.05, 0) is 66.6 Å². The zero-order valence-electron chi connectivity index (χ0n) is 18.2. The van der Waals surface area contributed by atoms with Crippen molar-refractivity contribution in [1.29, 1.82) is 0 Å². The summed E-state index contributed by atoms with van der Waals surface area (Å²) in [6, 6.07) is 9.88. The van der Waals surface area contributed by atoms with Gasteiger partial charge in [0.25, 0.3) is 0 Å². The Morgan fingerprint density at radius 1 is 1.03 bits per heavy atom. The number of hydrogen-bond donors (Lipinski definition) is 0. The lowest BCUT2D eigenvalue weighted by Crippen LogP contribution is -2.46. The van der Waals surface area contributed by atoms with Crippen molar-refractivity contribution in [1.82, 2.24) is 9.96 Å². The first-order valence-corrected chi connectivity index (χ1v) is 11.7. The molecule has 2 saturated heterocycles. The summed E-state index contributed by atoms with van der Waals surface area (Å²) in [6.45, 7) is 1.79. The van der Waals surface area contributed by atoms with Gasteiger partial charge in [0.1, 0.15) is 5.82 Å². The molecule has 176 valence electrons. The summed E-state index contributed by atoms with van der Waals surface area (Å²) < 4.78 is 17.7. The Labute approximate surface area is 202 Å². The number of methoxy groups -OCH3 is 1. The van der Waals surface area contributed by atoms with Gasteiger partial charge in [-0.15, -0.1) is 5.06 Å². The minimum absolute atomic E-state index is 0.108. The van der Waals surface area contributed by atoms with Crippen LogP contribution in [0.3, 0.4) is 0 Å². The van der Waals surface area contributed by atoms with E-state index in [0.717, 1.165) is 36.0 Å². The number of ether oxygens (including phenoxy) is 1. The van der Waals surface area contributed by atoms with Crippen LogP contribution in [0.25, 0.3) is 11.1 Å². The number of carbonyl (C=O) groups excluding carboxylic acids is 2. The van der Waals surface area contributed by atoms with E-state index in [1.807, 2.05) is 17.0 Å². The Morgan fingerprint density at radius 2 is 1.67 bits per heavy atom. The quantitative estimate of drug-likeness (QED) is 0.524. The van der Waals surface area contributed by atoms with Gasteiger partial charge in [-0.3, -0.25) is 4.79 Å². The summed E-state index contributed by atoms with van der Waals surface area (Å²) in [5.41, 5.74) is 2.37. The van der Waals surface area contributed by atoms with Crippen molar-refractivity contribution in [3.63, 3.8) is 0 Å². The minimum atomic E-state index is -0.732. The largest absolute Gasteiger partial charge is 0.527 e. The molecule has 2 fully saturated rings. The molecule has 1 atom stereocenters. The zero-order valence-corrected chi connectivity index (χ0v) is 19.7. The SMILES string of the molecule is COC(=O)ON1CCC(N2CC[C@@H](Cc3c(Cl)cc(-c4ccc(F)cc4)cc3Cl)C2=O)CC1. The summed E-state index contributed by atoms with van der Waals surface area (Å²) in [7, 11) is 1.27. The van der Waals surface area contributed by atoms with Gasteiger partial charge < -0.3 is 14.5 Å². The number of piperidine rings is 1. The normalized spacial score (nSPS) is 19.7. The van der Waals surface area contributed by atoms with Crippen molar-refractivity contribution in [3.8, 4) is 11.1 Å². The lowest BCUT2D eigenvalue weighted by Gasteiger charge is -2.35. The van der Waals surface area contributed by atoms with Crippen LogP contribution in [-0.2, 0) is 20.8 Å². The van der Waals surface area contributed by atoms with E-state index in [0.29, 0.717) is 36.1 Å². The fourth-order valence-corrected chi connectivity index (χ4v) is 5.20. The molecule has 4 rings (SSSR count). The van der Waals surface area contributed by atoms with Crippen molar-refractivity contribution in [3.05, 3.63) is 57.8 Å². The van der Waals surface area contributed by atoms with E-state index in [4.69, 9.17) is 28.0 Å². The van der Waals surface area contributed by atoms with E-state index < -0.39 is 6.16 Å². The Bertz CT molecular complexity index is 1000. The highest BCUT2D eigenvalue weighted by Gasteiger charge is 2.38. The van der Waals surface area contributed by atoms with Crippen molar-refractivity contribution in [2.45, 2.75) is 31.7 Å². The standard InChI is InChI=1S/C24H25Cl2FN2O4/c1-32-24(31)33-28-9-7-19(8-10-28)29-11-6-16(23(29)30)12-20-21(25)13-17(14-22(20)26)15-2-4-18(27)5-3-15/h2-5,13-14,16,19H,6-12H2,1H3/t16-/m0/s1. The molecule has 9 heteroatoms. The van der Waals surface area contributed by atoms with E-state index in [-0.39, 0.29) is 23.7 Å². The van der Waals surface area contributed by atoms with Crippen LogP contribution in [0, 0.1) is 11.7 Å². The second-order valence-electron chi connectivity index (χ2n) is 8.35. The Hall–Kier alpha value is -2.35. The van der Waals surface area contributed by atoms with Crippen LogP contribution in [0.2, 0.25) is 10.0 Å². The van der Waals surface area contributed by atoms with Crippen molar-refractivity contribution in [2.24, 2.45) is 5.92 Å². The smallest absolute Gasteiger partial charge is 0.436 e. The van der Waals surface area contributed by atoms with Crippen LogP contribution in [-0.4, -0.2) is 54.8 Å². The third kappa shape index (κ3) is 5.42. The van der Waals surface area contributed by atoms with Gasteiger partial charge in [0.05, 0.1) is 7.11 Å². The average molecular weight is 495 g/mol. The molecule has 0 saturated carbocycles. The monoisotopic (exact) mass is 494 g/mol. The zero-order chi connectivity index (χ0) is 23.5. The molecular weight excluding hydrogens is 470 g/mol. The van der Waals surface area contributed by atoms with Crippen LogP contribution in [0.1, 0.15) is 24.8 Å². The lowest BCUT2D eigenvalue weighted by molar-refractivity contribution is -0.149. The molecule has 33 heavy (non-hydrogen) atoms. The molecule has 0 aliphatic carbocycles. The molecule has 2 heterocycles. The van der Waals surface area contributed by atoms with Gasteiger partial charge in [0.15, 0.2) is 0 Å². The molecule has 1 amide bonds. The summed E-state index contributed by atoms with van der Waals surface area (Å²) in [5, 5.41) is 2.57. The molecule has 0 N–H and O–H groups in total. The molecule has 2 aromatic carbocycles. The number of hydroxylamine groups is 2. The minimum Gasteiger partial charge on any atom is -0.436 e. The van der Waals surface area contributed by atoms with Crippen LogP contribution in [0.5, 0.6) is 0 Å². The Kier molecular flexibility index (Phi) is 7.41. The molecular formula is C24H25Cl2FN2O4. The summed E-state index contributed by atoms with van der Waals surface area (Å²) >= 11 is 13.1. The topological polar surface area (TPSA) is 59.1 Å². The fraction of sp³-hybridized carbons (Fsp3) is 0.417. The highest BCUT2D eigenvalue weighted by Crippen LogP contribution is 2.36. The molecule has 2 aliphatic heterocycles. The second-order valence-corrected chi connectivity index (χ2v) is 9.17. The predicted molar refractivity (Wildman–Crippen MR) is 123 cm³/mol. The van der Waals surface area contributed by atoms with Gasteiger partial charge in [0, 0.05) is 41.6 Å². The first-order valence-electron chi connectivity index (χ1n) is 10.9. The van der Waals surface area contributed by atoms with Crippen LogP contribution in [0.4, 0.5) is 9.18 Å². The van der Waals surface area contributed by atoms with Gasteiger partial charge >= 0.3 is 6.16 Å². The molecule has 6 nitrogen and oxygen atoms in total. The van der Waals surface area contributed by atoms with E-state index in [1.54, 1.807) is 17.2 Å². The molecule has 0 aromatic heterocycles. The molecule has 2 aliphatic rings. The predicted octanol–water partition coefficient (Wildman–Crippen LogP) is 5.35. The number of halogens is 3. The number of amides is 1. The van der Waals surface area contributed by atoms with Gasteiger partial charge in [-0.25, -0.2) is 9.18 Å². The van der Waals surface area contributed by atoms with E-state index >= 15 is 0 Å². The van der Waals surface area contributed by atoms with Gasteiger partial charge in [0.2, 0.25) is 5.91 Å². The summed E-state index contributed by atoms with van der Waals surface area (Å²) in [6.07, 6.45) is 1.93. The highest BCUT2D eigenvalue weighted by molar-refractivity contribution is 6.36. The van der Waals surface area contributed by atoms with Crippen molar-refractivity contribution < 1.29 is 23.6 Å².